The molecule has 0 radical (unpaired) electrons. The zero-order valence-electron chi connectivity index (χ0n) is 20.8. The minimum absolute atomic E-state index is 0. The van der Waals surface area contributed by atoms with Gasteiger partial charge in [-0.1, -0.05) is 0 Å². The Hall–Kier alpha value is -1.83. The van der Waals surface area contributed by atoms with Crippen LogP contribution in [0.15, 0.2) is 10.6 Å². The van der Waals surface area contributed by atoms with Gasteiger partial charge in [-0.2, -0.15) is 26.3 Å². The fourth-order valence-corrected chi connectivity index (χ4v) is 4.92. The Bertz CT molecular complexity index is 787. The first-order valence-corrected chi connectivity index (χ1v) is 11.3. The molecule has 4 saturated heterocycles. The summed E-state index contributed by atoms with van der Waals surface area (Å²) >= 11 is 0. The van der Waals surface area contributed by atoms with Crippen molar-refractivity contribution in [3.63, 3.8) is 0 Å². The van der Waals surface area contributed by atoms with Crippen LogP contribution in [0, 0.1) is 15.0 Å². The molecule has 0 aromatic heterocycles. The van der Waals surface area contributed by atoms with Crippen molar-refractivity contribution in [2.75, 3.05) is 39.3 Å². The topological polar surface area (TPSA) is 162 Å². The van der Waals surface area contributed by atoms with E-state index in [2.05, 4.69) is 10.6 Å². The number of hydrogen-bond acceptors (Lipinski definition) is 8. The molecular formula is C18H28ClF6N8NaO5. The third-order valence-electron chi connectivity index (χ3n) is 6.31. The van der Waals surface area contributed by atoms with E-state index in [1.165, 1.54) is 9.91 Å². The first-order chi connectivity index (χ1) is 17.3. The summed E-state index contributed by atoms with van der Waals surface area (Å²) in [4.78, 5) is 44.7. The maximum atomic E-state index is 12.0. The van der Waals surface area contributed by atoms with Gasteiger partial charge in [-0.25, -0.2) is 9.59 Å². The molecule has 13 nitrogen and oxygen atoms in total. The average molecular weight is 609 g/mol. The monoisotopic (exact) mass is 608 g/mol. The molecule has 39 heavy (non-hydrogen) atoms. The van der Waals surface area contributed by atoms with Gasteiger partial charge >= 0.3 is 54.0 Å². The summed E-state index contributed by atoms with van der Waals surface area (Å²) in [6.07, 6.45) is -5.63. The molecule has 4 unspecified atom stereocenters. The smallest absolute Gasteiger partial charge is 0.444 e. The number of nitrogens with one attached hydrogen (secondary N) is 3. The molecule has 4 rings (SSSR count). The van der Waals surface area contributed by atoms with Crippen molar-refractivity contribution in [1.29, 1.82) is 0 Å². The van der Waals surface area contributed by atoms with E-state index in [-0.39, 0.29) is 66.1 Å². The van der Waals surface area contributed by atoms with Crippen LogP contribution in [0.4, 0.5) is 35.9 Å². The third-order valence-corrected chi connectivity index (χ3v) is 6.31. The van der Waals surface area contributed by atoms with Crippen molar-refractivity contribution < 1.29 is 65.5 Å². The normalized spacial score (nSPS) is 24.9. The maximum absolute atomic E-state index is 12.0. The second-order valence-corrected chi connectivity index (χ2v) is 8.82. The number of fused-ring (bicyclic) bond motifs is 4. The Morgan fingerprint density at radius 1 is 0.795 bits per heavy atom. The van der Waals surface area contributed by atoms with Crippen LogP contribution in [-0.4, -0.2) is 103 Å². The van der Waals surface area contributed by atoms with Gasteiger partial charge in [0.15, 0.2) is 0 Å². The molecule has 4 fully saturated rings. The number of alkyl halides is 6. The van der Waals surface area contributed by atoms with Crippen molar-refractivity contribution >= 4 is 24.5 Å². The van der Waals surface area contributed by atoms with Crippen molar-refractivity contribution in [1.82, 2.24) is 30.8 Å². The van der Waals surface area contributed by atoms with Crippen LogP contribution in [0.1, 0.15) is 25.7 Å². The molecule has 4 aliphatic rings. The molecule has 4 aliphatic heterocycles. The molecule has 4 bridgehead atoms. The van der Waals surface area contributed by atoms with Crippen LogP contribution in [0.3, 0.4) is 0 Å². The standard InChI is InChI=1S/C9H13F3N4O2.C9H14F3N3O.ClH.HNO2.Na/c10-9(11,12)5-13-8(17)16-6-1-2-7(16)4-15(3-6)14-18;10-9(11,12)5-14-8(16)15-6-1-2-7(15)4-13-3-6;;2-1-3;/h6-7H,1-5H2,(H,13,17);6-7,13H,1-5H2,(H,14,16);1H;(H,2,3);/q;;;;+1/p-1. The first kappa shape index (κ1) is 37.2. The number of nitroso groups, excluding NO2 is 1. The summed E-state index contributed by atoms with van der Waals surface area (Å²) in [6, 6.07) is -1.67. The van der Waals surface area contributed by atoms with Gasteiger partial charge in [0.1, 0.15) is 13.1 Å². The van der Waals surface area contributed by atoms with Gasteiger partial charge in [0, 0.05) is 25.2 Å². The van der Waals surface area contributed by atoms with E-state index in [4.69, 9.17) is 10.1 Å². The predicted octanol–water partition coefficient (Wildman–Crippen LogP) is -0.541. The van der Waals surface area contributed by atoms with Crippen LogP contribution in [0.2, 0.25) is 0 Å². The number of carbonyl (C=O) groups is 2. The fourth-order valence-electron chi connectivity index (χ4n) is 4.92. The Morgan fingerprint density at radius 2 is 1.13 bits per heavy atom. The Balaban J connectivity index is 0.000000646. The van der Waals surface area contributed by atoms with Crippen molar-refractivity contribution in [3.05, 3.63) is 15.0 Å². The minimum Gasteiger partial charge on any atom is -0.444 e. The van der Waals surface area contributed by atoms with E-state index in [9.17, 15) is 40.8 Å². The summed E-state index contributed by atoms with van der Waals surface area (Å²) in [6.45, 7) is -0.655. The molecule has 21 heteroatoms. The van der Waals surface area contributed by atoms with Gasteiger partial charge in [-0.3, -0.25) is 5.01 Å². The van der Waals surface area contributed by atoms with Gasteiger partial charge < -0.3 is 35.9 Å². The van der Waals surface area contributed by atoms with E-state index in [1.54, 1.807) is 4.90 Å². The SMILES string of the molecule is Cl.O=C(NCC(F)(F)F)N1C2CCC1CNC2.O=NN1CC2CCC(C1)N2C(=O)NCC(F)(F)F.O=N[O-].[Na+]. The minimum atomic E-state index is -4.42. The van der Waals surface area contributed by atoms with Crippen LogP contribution < -0.4 is 45.5 Å². The number of urea groups is 2. The number of piperazine rings is 2. The molecular weight excluding hydrogens is 581 g/mol. The van der Waals surface area contributed by atoms with Crippen molar-refractivity contribution in [3.8, 4) is 0 Å². The van der Waals surface area contributed by atoms with Gasteiger partial charge in [0.25, 0.3) is 0 Å². The third kappa shape index (κ3) is 11.7. The van der Waals surface area contributed by atoms with Gasteiger partial charge in [0.05, 0.1) is 30.5 Å². The average Bonchev–Trinajstić information content (AvgIpc) is 3.23. The Labute approximate surface area is 247 Å². The zero-order chi connectivity index (χ0) is 27.8. The molecule has 4 heterocycles. The second-order valence-electron chi connectivity index (χ2n) is 8.82. The van der Waals surface area contributed by atoms with E-state index < -0.39 is 37.5 Å². The van der Waals surface area contributed by atoms with Crippen LogP contribution >= 0.6 is 12.4 Å². The molecule has 0 aromatic carbocycles. The fraction of sp³-hybridized carbons (Fsp3) is 0.889. The number of carbonyl (C=O) groups excluding carboxylic acids is 2. The summed E-state index contributed by atoms with van der Waals surface area (Å²) < 4.78 is 71.9. The van der Waals surface area contributed by atoms with E-state index in [1.807, 2.05) is 10.6 Å². The molecule has 3 N–H and O–H groups in total. The van der Waals surface area contributed by atoms with Crippen molar-refractivity contribution in [2.45, 2.75) is 62.2 Å². The van der Waals surface area contributed by atoms with Gasteiger partial charge in [0.2, 0.25) is 0 Å². The number of amides is 4. The molecule has 4 atom stereocenters. The predicted molar refractivity (Wildman–Crippen MR) is 123 cm³/mol. The molecule has 0 aliphatic carbocycles. The zero-order valence-corrected chi connectivity index (χ0v) is 23.7. The largest absolute Gasteiger partial charge is 1.00 e. The quantitative estimate of drug-likeness (QED) is 0.168. The molecule has 0 spiro atoms. The number of halogens is 7. The van der Waals surface area contributed by atoms with Crippen LogP contribution in [0.5, 0.6) is 0 Å². The van der Waals surface area contributed by atoms with E-state index in [0.717, 1.165) is 18.2 Å². The summed E-state index contributed by atoms with van der Waals surface area (Å²) in [5.74, 6) is 0. The second kappa shape index (κ2) is 16.4. The Morgan fingerprint density at radius 3 is 1.46 bits per heavy atom. The first-order valence-electron chi connectivity index (χ1n) is 11.3. The molecule has 0 saturated carbocycles. The van der Waals surface area contributed by atoms with Crippen LogP contribution in [0.25, 0.3) is 0 Å². The molecule has 220 valence electrons. The summed E-state index contributed by atoms with van der Waals surface area (Å²) in [5, 5.41) is 20.1. The van der Waals surface area contributed by atoms with Gasteiger partial charge in [-0.15, -0.1) is 22.7 Å². The summed E-state index contributed by atoms with van der Waals surface area (Å²) in [7, 11) is 0. The number of rotatable bonds is 3. The Kier molecular flexibility index (Phi) is 15.7. The number of nitrogens with zero attached hydrogens (tertiary/aromatic N) is 5. The van der Waals surface area contributed by atoms with Crippen LogP contribution in [-0.2, 0) is 0 Å². The molecule has 0 aromatic rings. The van der Waals surface area contributed by atoms with Crippen molar-refractivity contribution in [2.24, 2.45) is 10.6 Å². The van der Waals surface area contributed by atoms with E-state index in [0.29, 0.717) is 39.0 Å². The summed E-state index contributed by atoms with van der Waals surface area (Å²) in [5.41, 5.74) is 0. The number of hydrogen-bond donors (Lipinski definition) is 3. The van der Waals surface area contributed by atoms with E-state index >= 15 is 0 Å². The van der Waals surface area contributed by atoms with Gasteiger partial charge in [-0.05, 0) is 25.7 Å². The maximum Gasteiger partial charge on any atom is 1.00 e. The molecule has 4 amide bonds.